The molecule has 2 aromatic rings. The maximum absolute atomic E-state index is 12.2. The Morgan fingerprint density at radius 1 is 1.16 bits per heavy atom. The number of halogens is 3. The molecule has 0 spiro atoms. The fourth-order valence-electron chi connectivity index (χ4n) is 1.61. The van der Waals surface area contributed by atoms with E-state index in [-0.39, 0.29) is 18.0 Å². The van der Waals surface area contributed by atoms with E-state index in [1.807, 2.05) is 0 Å². The third kappa shape index (κ3) is 3.38. The number of aromatic nitrogens is 1. The van der Waals surface area contributed by atoms with Crippen LogP contribution in [0.4, 0.5) is 5.82 Å². The standard InChI is InChI=1S/C13H9Cl3N2O/c14-8-2-1-7(11(16)5-8)3-12(19)10-4-9(15)6-18-13(10)17/h1-2,4-6H,3H2,(H2,17,18). The summed E-state index contributed by atoms with van der Waals surface area (Å²) in [5, 5.41) is 1.32. The largest absolute Gasteiger partial charge is 0.383 e. The number of hydrogen-bond donors (Lipinski definition) is 1. The molecule has 0 radical (unpaired) electrons. The van der Waals surface area contributed by atoms with Crippen molar-refractivity contribution >= 4 is 46.4 Å². The quantitative estimate of drug-likeness (QED) is 0.869. The second kappa shape index (κ2) is 5.78. The summed E-state index contributed by atoms with van der Waals surface area (Å²) in [6, 6.07) is 6.47. The zero-order valence-corrected chi connectivity index (χ0v) is 11.9. The maximum atomic E-state index is 12.2. The second-order valence-electron chi connectivity index (χ2n) is 3.92. The Hall–Kier alpha value is -1.29. The van der Waals surface area contributed by atoms with Gasteiger partial charge in [-0.2, -0.15) is 0 Å². The van der Waals surface area contributed by atoms with Crippen LogP contribution >= 0.6 is 34.8 Å². The average molecular weight is 316 g/mol. The van der Waals surface area contributed by atoms with Crippen molar-refractivity contribution in [3.05, 3.63) is 56.7 Å². The minimum atomic E-state index is -0.197. The normalized spacial score (nSPS) is 10.5. The number of anilines is 1. The van der Waals surface area contributed by atoms with Gasteiger partial charge in [0.15, 0.2) is 5.78 Å². The predicted octanol–water partition coefficient (Wildman–Crippen LogP) is 4.05. The molecule has 0 saturated heterocycles. The number of Topliss-reactive ketones (excluding diaryl/α,β-unsaturated/α-hetero) is 1. The average Bonchev–Trinajstić information content (AvgIpc) is 2.35. The lowest BCUT2D eigenvalue weighted by Crippen LogP contribution is -2.08. The van der Waals surface area contributed by atoms with E-state index in [2.05, 4.69) is 4.98 Å². The minimum Gasteiger partial charge on any atom is -0.383 e. The van der Waals surface area contributed by atoms with E-state index in [9.17, 15) is 4.79 Å². The Labute approximate surface area is 125 Å². The van der Waals surface area contributed by atoms with Crippen molar-refractivity contribution in [2.24, 2.45) is 0 Å². The van der Waals surface area contributed by atoms with E-state index in [1.165, 1.54) is 12.3 Å². The molecule has 0 aliphatic rings. The number of hydrogen-bond acceptors (Lipinski definition) is 3. The Bertz CT molecular complexity index is 644. The highest BCUT2D eigenvalue weighted by Crippen LogP contribution is 2.23. The van der Waals surface area contributed by atoms with Crippen molar-refractivity contribution in [3.63, 3.8) is 0 Å². The van der Waals surface area contributed by atoms with Gasteiger partial charge in [-0.25, -0.2) is 4.98 Å². The van der Waals surface area contributed by atoms with E-state index in [0.29, 0.717) is 26.2 Å². The summed E-state index contributed by atoms with van der Waals surface area (Å²) in [5.74, 6) is -0.0452. The van der Waals surface area contributed by atoms with Crippen LogP contribution in [0, 0.1) is 0 Å². The molecule has 0 aliphatic carbocycles. The molecule has 98 valence electrons. The molecule has 1 heterocycles. The van der Waals surface area contributed by atoms with Crippen molar-refractivity contribution in [2.75, 3.05) is 5.73 Å². The van der Waals surface area contributed by atoms with Gasteiger partial charge in [-0.15, -0.1) is 0 Å². The van der Waals surface area contributed by atoms with Crippen LogP contribution in [0.2, 0.25) is 15.1 Å². The first-order valence-electron chi connectivity index (χ1n) is 5.35. The van der Waals surface area contributed by atoms with Gasteiger partial charge in [-0.05, 0) is 23.8 Å². The van der Waals surface area contributed by atoms with Gasteiger partial charge in [0.25, 0.3) is 0 Å². The molecule has 1 aromatic heterocycles. The molecule has 0 atom stereocenters. The van der Waals surface area contributed by atoms with Crippen molar-refractivity contribution in [2.45, 2.75) is 6.42 Å². The second-order valence-corrected chi connectivity index (χ2v) is 5.20. The third-order valence-electron chi connectivity index (χ3n) is 2.55. The fourth-order valence-corrected chi connectivity index (χ4v) is 2.24. The lowest BCUT2D eigenvalue weighted by Gasteiger charge is -2.06. The first-order valence-corrected chi connectivity index (χ1v) is 6.49. The summed E-state index contributed by atoms with van der Waals surface area (Å²) in [6.45, 7) is 0. The lowest BCUT2D eigenvalue weighted by molar-refractivity contribution is 0.0993. The van der Waals surface area contributed by atoms with Gasteiger partial charge in [-0.1, -0.05) is 40.9 Å². The smallest absolute Gasteiger partial charge is 0.171 e. The number of nitrogens with two attached hydrogens (primary N) is 1. The molecule has 0 fully saturated rings. The van der Waals surface area contributed by atoms with E-state index >= 15 is 0 Å². The van der Waals surface area contributed by atoms with Gasteiger partial charge in [-0.3, -0.25) is 4.79 Å². The van der Waals surface area contributed by atoms with Crippen LogP contribution in [-0.4, -0.2) is 10.8 Å². The number of benzene rings is 1. The van der Waals surface area contributed by atoms with Crippen LogP contribution < -0.4 is 5.73 Å². The highest BCUT2D eigenvalue weighted by atomic mass is 35.5. The van der Waals surface area contributed by atoms with Crippen LogP contribution in [0.1, 0.15) is 15.9 Å². The van der Waals surface area contributed by atoms with Gasteiger partial charge in [0, 0.05) is 22.7 Å². The number of carbonyl (C=O) groups is 1. The molecule has 0 aliphatic heterocycles. The number of rotatable bonds is 3. The van der Waals surface area contributed by atoms with E-state index < -0.39 is 0 Å². The Balaban J connectivity index is 2.28. The molecule has 0 amide bonds. The van der Waals surface area contributed by atoms with Crippen LogP contribution in [0.5, 0.6) is 0 Å². The zero-order valence-electron chi connectivity index (χ0n) is 9.66. The molecule has 19 heavy (non-hydrogen) atoms. The minimum absolute atomic E-state index is 0.113. The monoisotopic (exact) mass is 314 g/mol. The number of pyridine rings is 1. The third-order valence-corrected chi connectivity index (χ3v) is 3.35. The van der Waals surface area contributed by atoms with E-state index in [0.717, 1.165) is 0 Å². The van der Waals surface area contributed by atoms with Crippen LogP contribution in [-0.2, 0) is 6.42 Å². The van der Waals surface area contributed by atoms with Crippen molar-refractivity contribution in [3.8, 4) is 0 Å². The van der Waals surface area contributed by atoms with Gasteiger partial charge >= 0.3 is 0 Å². The van der Waals surface area contributed by atoms with Gasteiger partial charge in [0.05, 0.1) is 10.6 Å². The van der Waals surface area contributed by atoms with Crippen molar-refractivity contribution in [1.82, 2.24) is 4.98 Å². The Morgan fingerprint density at radius 2 is 1.89 bits per heavy atom. The van der Waals surface area contributed by atoms with Crippen molar-refractivity contribution in [1.29, 1.82) is 0 Å². The zero-order chi connectivity index (χ0) is 14.0. The molecule has 2 rings (SSSR count). The number of ketones is 1. The van der Waals surface area contributed by atoms with E-state index in [1.54, 1.807) is 18.2 Å². The molecule has 0 unspecified atom stereocenters. The van der Waals surface area contributed by atoms with Gasteiger partial charge in [0.1, 0.15) is 5.82 Å². The Morgan fingerprint density at radius 3 is 2.58 bits per heavy atom. The van der Waals surface area contributed by atoms with Gasteiger partial charge < -0.3 is 5.73 Å². The van der Waals surface area contributed by atoms with Crippen LogP contribution in [0.3, 0.4) is 0 Å². The summed E-state index contributed by atoms with van der Waals surface area (Å²) < 4.78 is 0. The summed E-state index contributed by atoms with van der Waals surface area (Å²) >= 11 is 17.6. The summed E-state index contributed by atoms with van der Waals surface area (Å²) in [4.78, 5) is 16.0. The first kappa shape index (κ1) is 14.1. The first-order chi connectivity index (χ1) is 8.97. The molecular formula is C13H9Cl3N2O. The summed E-state index contributed by atoms with van der Waals surface area (Å²) in [7, 11) is 0. The van der Waals surface area contributed by atoms with Crippen molar-refractivity contribution < 1.29 is 4.79 Å². The van der Waals surface area contributed by atoms with Crippen LogP contribution in [0.15, 0.2) is 30.5 Å². The highest BCUT2D eigenvalue weighted by Gasteiger charge is 2.14. The fraction of sp³-hybridized carbons (Fsp3) is 0.0769. The van der Waals surface area contributed by atoms with Crippen LogP contribution in [0.25, 0.3) is 0 Å². The summed E-state index contributed by atoms with van der Waals surface area (Å²) in [6.07, 6.45) is 1.51. The number of nitrogens with zero attached hydrogens (tertiary/aromatic N) is 1. The van der Waals surface area contributed by atoms with Gasteiger partial charge in [0.2, 0.25) is 0 Å². The topological polar surface area (TPSA) is 56.0 Å². The molecule has 3 nitrogen and oxygen atoms in total. The highest BCUT2D eigenvalue weighted by molar-refractivity contribution is 6.35. The SMILES string of the molecule is Nc1ncc(Cl)cc1C(=O)Cc1ccc(Cl)cc1Cl. The Kier molecular flexibility index (Phi) is 4.30. The molecule has 0 bridgehead atoms. The number of nitrogen functional groups attached to an aromatic ring is 1. The molecule has 0 saturated carbocycles. The maximum Gasteiger partial charge on any atom is 0.171 e. The molecular weight excluding hydrogens is 307 g/mol. The van der Waals surface area contributed by atoms with E-state index in [4.69, 9.17) is 40.5 Å². The molecule has 2 N–H and O–H groups in total. The summed E-state index contributed by atoms with van der Waals surface area (Å²) in [5.41, 5.74) is 6.63. The molecule has 1 aromatic carbocycles. The lowest BCUT2D eigenvalue weighted by atomic mass is 10.0. The molecule has 6 heteroatoms. The number of carbonyl (C=O) groups excluding carboxylic acids is 1. The predicted molar refractivity (Wildman–Crippen MR) is 78.2 cm³/mol.